The summed E-state index contributed by atoms with van der Waals surface area (Å²) in [4.78, 5) is 70.3. The predicted molar refractivity (Wildman–Crippen MR) is 127 cm³/mol. The van der Waals surface area contributed by atoms with Gasteiger partial charge >= 0.3 is 11.9 Å². The molecule has 0 saturated carbocycles. The Morgan fingerprint density at radius 2 is 2.11 bits per heavy atom. The quantitative estimate of drug-likeness (QED) is 0.0951. The van der Waals surface area contributed by atoms with E-state index in [4.69, 9.17) is 9.57 Å². The van der Waals surface area contributed by atoms with Crippen LogP contribution >= 0.6 is 23.1 Å². The Hall–Kier alpha value is -3.24. The van der Waals surface area contributed by atoms with E-state index < -0.39 is 59.4 Å². The molecule has 0 aliphatic carbocycles. The van der Waals surface area contributed by atoms with E-state index in [0.29, 0.717) is 6.41 Å². The molecule has 1 aromatic rings. The van der Waals surface area contributed by atoms with Crippen molar-refractivity contribution in [1.82, 2.24) is 15.2 Å². The second-order valence-electron chi connectivity index (χ2n) is 8.96. The number of thioether (sulfide) groups is 1. The number of aliphatic carboxylic acids is 1. The average molecular weight is 544 g/mol. The number of esters is 1. The number of rotatable bonds is 10. The minimum Gasteiger partial charge on any atom is -0.481 e. The van der Waals surface area contributed by atoms with Gasteiger partial charge in [-0.2, -0.15) is 0 Å². The van der Waals surface area contributed by atoms with Gasteiger partial charge in [0.15, 0.2) is 10.8 Å². The number of thiazole rings is 1. The van der Waals surface area contributed by atoms with E-state index in [9.17, 15) is 34.2 Å². The number of oxime groups is 1. The summed E-state index contributed by atoms with van der Waals surface area (Å²) in [5.41, 5.74) is -2.56. The lowest BCUT2D eigenvalue weighted by Gasteiger charge is -2.53. The molecule has 2 unspecified atom stereocenters. The van der Waals surface area contributed by atoms with E-state index >= 15 is 0 Å². The van der Waals surface area contributed by atoms with Crippen LogP contribution in [0.15, 0.2) is 10.5 Å². The van der Waals surface area contributed by atoms with E-state index in [1.165, 1.54) is 10.3 Å². The van der Waals surface area contributed by atoms with Crippen molar-refractivity contribution in [1.29, 1.82) is 0 Å². The fourth-order valence-electron chi connectivity index (χ4n) is 3.35. The van der Waals surface area contributed by atoms with Crippen molar-refractivity contribution in [2.75, 3.05) is 30.8 Å². The number of hydrogen-bond donors (Lipinski definition) is 4. The lowest BCUT2D eigenvalue weighted by Crippen LogP contribution is -2.74. The Labute approximate surface area is 213 Å². The highest BCUT2D eigenvalue weighted by Crippen LogP contribution is 2.42. The Morgan fingerprint density at radius 1 is 1.39 bits per heavy atom. The standard InChI is InChI=1S/C20H25N5O9S2/c1-19(2,3)34-11(28)4-33-24-12(10-5-35-18(22-10)21-9-27)14(29)23-13-15(30)25-6-20(7-26,17(31)32)8-36-16(13)25/h5,9,13,16,26H,4,6-8H2,1-3H3,(H,23,29)(H,31,32)(H,21,22,27)/t13?,16-,20?/m1/s1. The minimum absolute atomic E-state index is 0.0242. The highest BCUT2D eigenvalue weighted by Gasteiger charge is 2.57. The van der Waals surface area contributed by atoms with Gasteiger partial charge in [0, 0.05) is 17.7 Å². The molecule has 0 spiro atoms. The van der Waals surface area contributed by atoms with E-state index in [1.807, 2.05) is 0 Å². The van der Waals surface area contributed by atoms with Gasteiger partial charge in [0.1, 0.15) is 28.1 Å². The van der Waals surface area contributed by atoms with Gasteiger partial charge in [-0.1, -0.05) is 5.16 Å². The number of nitrogens with zero attached hydrogens (tertiary/aromatic N) is 3. The maximum atomic E-state index is 13.1. The van der Waals surface area contributed by atoms with Crippen LogP contribution in [0.5, 0.6) is 0 Å². The summed E-state index contributed by atoms with van der Waals surface area (Å²) in [5.74, 6) is -3.24. The molecule has 3 atom stereocenters. The van der Waals surface area contributed by atoms with E-state index in [0.717, 1.165) is 23.1 Å². The first-order valence-corrected chi connectivity index (χ1v) is 12.5. The van der Waals surface area contributed by atoms with Crippen LogP contribution in [0.25, 0.3) is 0 Å². The van der Waals surface area contributed by atoms with Crippen LogP contribution in [0.2, 0.25) is 0 Å². The smallest absolute Gasteiger partial charge is 0.347 e. The van der Waals surface area contributed by atoms with E-state index in [1.54, 1.807) is 20.8 Å². The molecule has 14 nitrogen and oxygen atoms in total. The molecule has 4 N–H and O–H groups in total. The first kappa shape index (κ1) is 27.3. The zero-order valence-electron chi connectivity index (χ0n) is 19.5. The maximum absolute atomic E-state index is 13.1. The SMILES string of the molecule is CC(C)(C)OC(=O)CON=C(C(=O)NC1C(=O)N2CC(CO)(C(=O)O)CS[C@H]12)c1csc(NC=O)n1. The van der Waals surface area contributed by atoms with E-state index in [-0.39, 0.29) is 28.8 Å². The van der Waals surface area contributed by atoms with Crippen LogP contribution in [0, 0.1) is 5.41 Å². The van der Waals surface area contributed by atoms with Crippen LogP contribution in [0.3, 0.4) is 0 Å². The summed E-state index contributed by atoms with van der Waals surface area (Å²) in [7, 11) is 0. The molecule has 3 rings (SSSR count). The summed E-state index contributed by atoms with van der Waals surface area (Å²) in [6.45, 7) is 3.61. The van der Waals surface area contributed by atoms with Crippen LogP contribution in [-0.2, 0) is 33.5 Å². The molecule has 0 radical (unpaired) electrons. The van der Waals surface area contributed by atoms with Gasteiger partial charge in [-0.3, -0.25) is 19.2 Å². The number of aliphatic hydroxyl groups excluding tert-OH is 1. The van der Waals surface area contributed by atoms with Crippen molar-refractivity contribution in [3.63, 3.8) is 0 Å². The Bertz CT molecular complexity index is 1090. The van der Waals surface area contributed by atoms with Crippen molar-refractivity contribution in [3.05, 3.63) is 11.1 Å². The third-order valence-corrected chi connectivity index (χ3v) is 7.45. The maximum Gasteiger partial charge on any atom is 0.347 e. The lowest BCUT2D eigenvalue weighted by atomic mass is 9.88. The second-order valence-corrected chi connectivity index (χ2v) is 10.9. The lowest BCUT2D eigenvalue weighted by molar-refractivity contribution is -0.161. The topological polar surface area (TPSA) is 197 Å². The third kappa shape index (κ3) is 5.93. The Kier molecular flexibility index (Phi) is 8.20. The normalized spacial score (nSPS) is 23.7. The van der Waals surface area contributed by atoms with Gasteiger partial charge in [-0.05, 0) is 20.8 Å². The number of aliphatic hydroxyl groups is 1. The van der Waals surface area contributed by atoms with Crippen LogP contribution < -0.4 is 10.6 Å². The van der Waals surface area contributed by atoms with Crippen molar-refractivity contribution in [2.45, 2.75) is 37.8 Å². The largest absolute Gasteiger partial charge is 0.481 e. The van der Waals surface area contributed by atoms with Crippen LogP contribution in [-0.4, -0.2) is 98.5 Å². The first-order chi connectivity index (χ1) is 16.9. The first-order valence-electron chi connectivity index (χ1n) is 10.6. The van der Waals surface area contributed by atoms with Crippen LogP contribution in [0.1, 0.15) is 26.5 Å². The summed E-state index contributed by atoms with van der Waals surface area (Å²) >= 11 is 2.14. The second kappa shape index (κ2) is 10.8. The monoisotopic (exact) mass is 543 g/mol. The van der Waals surface area contributed by atoms with Crippen molar-refractivity contribution in [3.8, 4) is 0 Å². The van der Waals surface area contributed by atoms with Crippen molar-refractivity contribution in [2.24, 2.45) is 10.6 Å². The Balaban J connectivity index is 1.73. The highest BCUT2D eigenvalue weighted by molar-refractivity contribution is 8.00. The minimum atomic E-state index is -1.48. The summed E-state index contributed by atoms with van der Waals surface area (Å²) in [6, 6.07) is -0.977. The summed E-state index contributed by atoms with van der Waals surface area (Å²) < 4.78 is 5.12. The molecule has 196 valence electrons. The number of aromatic nitrogens is 1. The van der Waals surface area contributed by atoms with E-state index in [2.05, 4.69) is 20.8 Å². The molecule has 3 amide bonds. The van der Waals surface area contributed by atoms with Gasteiger partial charge in [-0.25, -0.2) is 9.78 Å². The molecule has 2 aliphatic heterocycles. The Morgan fingerprint density at radius 3 is 2.72 bits per heavy atom. The number of carbonyl (C=O) groups is 5. The number of β-lactam (4-membered cyclic amide) rings is 1. The van der Waals surface area contributed by atoms with Crippen molar-refractivity contribution >= 4 is 64.1 Å². The number of anilines is 1. The molecule has 0 bridgehead atoms. The molecular weight excluding hydrogens is 518 g/mol. The average Bonchev–Trinajstić information content (AvgIpc) is 3.26. The summed E-state index contributed by atoms with van der Waals surface area (Å²) in [5, 5.41) is 28.7. The highest BCUT2D eigenvalue weighted by atomic mass is 32.2. The molecule has 0 aromatic carbocycles. The summed E-state index contributed by atoms with van der Waals surface area (Å²) in [6.07, 6.45) is 0.407. The molecule has 2 saturated heterocycles. The van der Waals surface area contributed by atoms with Gasteiger partial charge in [0.05, 0.1) is 6.61 Å². The molecular formula is C20H25N5O9S2. The molecule has 36 heavy (non-hydrogen) atoms. The zero-order valence-corrected chi connectivity index (χ0v) is 21.2. The number of fused-ring (bicyclic) bond motifs is 1. The van der Waals surface area contributed by atoms with Crippen molar-refractivity contribution < 1.29 is 43.8 Å². The fraction of sp³-hybridized carbons (Fsp3) is 0.550. The molecule has 1 aromatic heterocycles. The number of amides is 3. The number of carbonyl (C=O) groups excluding carboxylic acids is 4. The number of carboxylic acids is 1. The number of ether oxygens (including phenoxy) is 1. The third-order valence-electron chi connectivity index (χ3n) is 5.09. The van der Waals surface area contributed by atoms with Gasteiger partial charge in [0.2, 0.25) is 18.9 Å². The number of nitrogens with one attached hydrogen (secondary N) is 2. The molecule has 3 heterocycles. The number of carboxylic acid groups (broad SMARTS) is 1. The molecule has 16 heteroatoms. The zero-order chi connectivity index (χ0) is 26.7. The van der Waals surface area contributed by atoms with Gasteiger partial charge in [0.25, 0.3) is 5.91 Å². The van der Waals surface area contributed by atoms with Gasteiger partial charge < -0.3 is 35.3 Å². The molecule has 2 aliphatic rings. The number of hydrogen-bond acceptors (Lipinski definition) is 12. The fourth-order valence-corrected chi connectivity index (χ4v) is 5.54. The van der Waals surface area contributed by atoms with Crippen LogP contribution in [0.4, 0.5) is 5.13 Å². The molecule has 2 fully saturated rings. The predicted octanol–water partition coefficient (Wildman–Crippen LogP) is -0.763. The van der Waals surface area contributed by atoms with Gasteiger partial charge in [-0.15, -0.1) is 23.1 Å².